The van der Waals surface area contributed by atoms with Crippen LogP contribution in [-0.2, 0) is 12.4 Å². The van der Waals surface area contributed by atoms with Crippen molar-refractivity contribution >= 4 is 11.6 Å². The number of hydrogen-bond donors (Lipinski definition) is 2. The minimum atomic E-state index is -4.91. The van der Waals surface area contributed by atoms with Crippen molar-refractivity contribution in [2.24, 2.45) is 28.0 Å². The molecule has 1 aliphatic heterocycles. The van der Waals surface area contributed by atoms with Crippen LogP contribution in [0, 0.1) is 17.3 Å². The molecule has 4 nitrogen and oxygen atoms in total. The van der Waals surface area contributed by atoms with Crippen molar-refractivity contribution in [2.45, 2.75) is 46.5 Å². The molecule has 3 N–H and O–H groups in total. The first-order chi connectivity index (χ1) is 14.1. The number of rotatable bonds is 4. The third kappa shape index (κ3) is 7.29. The molecule has 2 rings (SSSR count). The Kier molecular flexibility index (Phi) is 7.55. The minimum absolute atomic E-state index is 0.116. The van der Waals surface area contributed by atoms with Crippen molar-refractivity contribution in [2.75, 3.05) is 31.5 Å². The van der Waals surface area contributed by atoms with E-state index in [0.29, 0.717) is 43.6 Å². The first-order valence-electron chi connectivity index (χ1n) is 10.2. The number of nitrogens with one attached hydrogen (secondary N) is 1. The van der Waals surface area contributed by atoms with Crippen LogP contribution in [-0.4, -0.2) is 37.0 Å². The van der Waals surface area contributed by atoms with Gasteiger partial charge in [0.1, 0.15) is 0 Å². The standard InChI is InChI=1S/C21H30F6N4/c1-13-5-14(2)10-31(9-13)18(29-12-19(3,4)11-28)30-17-7-15(20(22,23)24)6-16(8-17)21(25,26)27/h6-8,13-14H,5,9-12,28H2,1-4H3,(H,29,30). The average Bonchev–Trinajstić information content (AvgIpc) is 2.62. The Labute approximate surface area is 178 Å². The Hall–Kier alpha value is -1.97. The first kappa shape index (κ1) is 25.3. The second kappa shape index (κ2) is 9.26. The van der Waals surface area contributed by atoms with Gasteiger partial charge in [-0.2, -0.15) is 26.3 Å². The Morgan fingerprint density at radius 2 is 1.48 bits per heavy atom. The van der Waals surface area contributed by atoms with Crippen molar-refractivity contribution in [3.8, 4) is 0 Å². The Bertz CT molecular complexity index is 743. The first-order valence-corrected chi connectivity index (χ1v) is 10.2. The van der Waals surface area contributed by atoms with E-state index in [0.717, 1.165) is 6.42 Å². The van der Waals surface area contributed by atoms with Gasteiger partial charge in [0.25, 0.3) is 0 Å². The minimum Gasteiger partial charge on any atom is -0.342 e. The molecule has 2 atom stereocenters. The summed E-state index contributed by atoms with van der Waals surface area (Å²) in [6.45, 7) is 9.69. The zero-order valence-electron chi connectivity index (χ0n) is 18.2. The molecule has 176 valence electrons. The third-order valence-electron chi connectivity index (χ3n) is 5.22. The molecule has 1 aromatic carbocycles. The second-order valence-electron chi connectivity index (χ2n) is 9.28. The fraction of sp³-hybridized carbons (Fsp3) is 0.667. The van der Waals surface area contributed by atoms with Gasteiger partial charge < -0.3 is 16.0 Å². The van der Waals surface area contributed by atoms with Crippen LogP contribution in [0.3, 0.4) is 0 Å². The van der Waals surface area contributed by atoms with Crippen LogP contribution in [0.4, 0.5) is 32.0 Å². The number of anilines is 1. The third-order valence-corrected chi connectivity index (χ3v) is 5.22. The summed E-state index contributed by atoms with van der Waals surface area (Å²) in [4.78, 5) is 6.41. The fourth-order valence-electron chi connectivity index (χ4n) is 3.56. The highest BCUT2D eigenvalue weighted by atomic mass is 19.4. The molecule has 0 spiro atoms. The maximum atomic E-state index is 13.2. The van der Waals surface area contributed by atoms with Gasteiger partial charge in [-0.25, -0.2) is 0 Å². The maximum Gasteiger partial charge on any atom is 0.416 e. The molecule has 0 bridgehead atoms. The number of hydrogen-bond acceptors (Lipinski definition) is 2. The number of likely N-dealkylation sites (tertiary alicyclic amines) is 1. The molecule has 10 heteroatoms. The fourth-order valence-corrected chi connectivity index (χ4v) is 3.56. The Balaban J connectivity index is 2.46. The lowest BCUT2D eigenvalue weighted by Gasteiger charge is -2.37. The summed E-state index contributed by atoms with van der Waals surface area (Å²) in [7, 11) is 0. The number of alkyl halides is 6. The highest BCUT2D eigenvalue weighted by molar-refractivity contribution is 5.94. The van der Waals surface area contributed by atoms with Gasteiger partial charge in [0.2, 0.25) is 0 Å². The lowest BCUT2D eigenvalue weighted by Crippen LogP contribution is -2.46. The molecule has 1 aromatic rings. The second-order valence-corrected chi connectivity index (χ2v) is 9.28. The molecule has 1 heterocycles. The van der Waals surface area contributed by atoms with Gasteiger partial charge in [-0.1, -0.05) is 27.7 Å². The normalized spacial score (nSPS) is 21.4. The molecule has 0 aliphatic carbocycles. The van der Waals surface area contributed by atoms with E-state index >= 15 is 0 Å². The maximum absolute atomic E-state index is 13.2. The van der Waals surface area contributed by atoms with E-state index in [-0.39, 0.29) is 29.7 Å². The van der Waals surface area contributed by atoms with Crippen LogP contribution in [0.2, 0.25) is 0 Å². The SMILES string of the molecule is CC1CC(C)CN(C(=NCC(C)(C)CN)Nc2cc(C(F)(F)F)cc(C(F)(F)F)c2)C1. The molecule has 0 amide bonds. The van der Waals surface area contributed by atoms with Crippen LogP contribution in [0.15, 0.2) is 23.2 Å². The summed E-state index contributed by atoms with van der Waals surface area (Å²) in [5, 5.41) is 2.75. The van der Waals surface area contributed by atoms with Gasteiger partial charge in [0.05, 0.1) is 11.1 Å². The molecular weight excluding hydrogens is 422 g/mol. The van der Waals surface area contributed by atoms with E-state index in [2.05, 4.69) is 24.2 Å². The summed E-state index contributed by atoms with van der Waals surface area (Å²) in [5.41, 5.74) is 2.33. The molecule has 0 radical (unpaired) electrons. The quantitative estimate of drug-likeness (QED) is 0.363. The molecule has 0 aromatic heterocycles. The summed E-state index contributed by atoms with van der Waals surface area (Å²) in [6.07, 6.45) is -8.84. The summed E-state index contributed by atoms with van der Waals surface area (Å²) < 4.78 is 79.4. The van der Waals surface area contributed by atoms with Gasteiger partial charge in [-0.3, -0.25) is 4.99 Å². The predicted molar refractivity (Wildman–Crippen MR) is 110 cm³/mol. The lowest BCUT2D eigenvalue weighted by molar-refractivity contribution is -0.143. The van der Waals surface area contributed by atoms with E-state index < -0.39 is 23.5 Å². The van der Waals surface area contributed by atoms with E-state index in [1.54, 1.807) is 0 Å². The van der Waals surface area contributed by atoms with Gasteiger partial charge in [0, 0.05) is 25.3 Å². The number of nitrogens with zero attached hydrogens (tertiary/aromatic N) is 2. The van der Waals surface area contributed by atoms with Crippen LogP contribution >= 0.6 is 0 Å². The number of aliphatic imine (C=N–C) groups is 1. The van der Waals surface area contributed by atoms with E-state index in [9.17, 15) is 26.3 Å². The molecule has 2 unspecified atom stereocenters. The van der Waals surface area contributed by atoms with Crippen molar-refractivity contribution in [3.63, 3.8) is 0 Å². The summed E-state index contributed by atoms with van der Waals surface area (Å²) in [5.74, 6) is 0.878. The van der Waals surface area contributed by atoms with Crippen molar-refractivity contribution in [3.05, 3.63) is 29.3 Å². The molecule has 1 fully saturated rings. The lowest BCUT2D eigenvalue weighted by atomic mass is 9.92. The van der Waals surface area contributed by atoms with Crippen LogP contribution in [0.25, 0.3) is 0 Å². The van der Waals surface area contributed by atoms with E-state index in [1.807, 2.05) is 18.7 Å². The molecule has 31 heavy (non-hydrogen) atoms. The zero-order valence-corrected chi connectivity index (χ0v) is 18.2. The number of nitrogens with two attached hydrogens (primary N) is 1. The summed E-state index contributed by atoms with van der Waals surface area (Å²) >= 11 is 0. The molecular formula is C21H30F6N4. The summed E-state index contributed by atoms with van der Waals surface area (Å²) in [6, 6.07) is 1.47. The van der Waals surface area contributed by atoms with Gasteiger partial charge >= 0.3 is 12.4 Å². The van der Waals surface area contributed by atoms with Crippen molar-refractivity contribution in [1.29, 1.82) is 0 Å². The van der Waals surface area contributed by atoms with E-state index in [4.69, 9.17) is 5.73 Å². The Morgan fingerprint density at radius 1 is 1.00 bits per heavy atom. The zero-order chi connectivity index (χ0) is 23.6. The van der Waals surface area contributed by atoms with Crippen LogP contribution in [0.1, 0.15) is 45.2 Å². The topological polar surface area (TPSA) is 53.6 Å². The predicted octanol–water partition coefficient (Wildman–Crippen LogP) is 5.45. The van der Waals surface area contributed by atoms with E-state index in [1.165, 1.54) is 0 Å². The van der Waals surface area contributed by atoms with Gasteiger partial charge in [0.15, 0.2) is 5.96 Å². The highest BCUT2D eigenvalue weighted by Gasteiger charge is 2.37. The van der Waals surface area contributed by atoms with Gasteiger partial charge in [-0.05, 0) is 48.4 Å². The smallest absolute Gasteiger partial charge is 0.342 e. The molecule has 1 aliphatic rings. The van der Waals surface area contributed by atoms with Gasteiger partial charge in [-0.15, -0.1) is 0 Å². The molecule has 0 saturated carbocycles. The monoisotopic (exact) mass is 452 g/mol. The van der Waals surface area contributed by atoms with Crippen molar-refractivity contribution < 1.29 is 26.3 Å². The number of piperidine rings is 1. The van der Waals surface area contributed by atoms with Crippen LogP contribution in [0.5, 0.6) is 0 Å². The number of benzene rings is 1. The van der Waals surface area contributed by atoms with Crippen LogP contribution < -0.4 is 11.1 Å². The number of halogens is 6. The Morgan fingerprint density at radius 3 is 1.90 bits per heavy atom. The van der Waals surface area contributed by atoms with Crippen molar-refractivity contribution in [1.82, 2.24) is 4.90 Å². The molecule has 1 saturated heterocycles. The number of guanidine groups is 1. The largest absolute Gasteiger partial charge is 0.416 e. The average molecular weight is 452 g/mol. The highest BCUT2D eigenvalue weighted by Crippen LogP contribution is 2.37.